The van der Waals surface area contributed by atoms with Crippen LogP contribution in [-0.4, -0.2) is 31.7 Å². The van der Waals surface area contributed by atoms with Crippen molar-refractivity contribution in [2.75, 3.05) is 18.4 Å². The Morgan fingerprint density at radius 3 is 2.19 bits per heavy atom. The maximum atomic E-state index is 13.0. The number of carbonyl (C=O) groups excluding carboxylic acids is 1. The van der Waals surface area contributed by atoms with Crippen molar-refractivity contribution in [2.24, 2.45) is 11.8 Å². The Hall–Kier alpha value is -2.10. The van der Waals surface area contributed by atoms with E-state index in [1.807, 2.05) is 13.8 Å². The Kier molecular flexibility index (Phi) is 6.69. The van der Waals surface area contributed by atoms with Crippen molar-refractivity contribution in [2.45, 2.75) is 31.3 Å². The van der Waals surface area contributed by atoms with Gasteiger partial charge >= 0.3 is 6.18 Å². The second kappa shape index (κ2) is 8.80. The summed E-state index contributed by atoms with van der Waals surface area (Å²) in [6.45, 7) is 4.89. The molecule has 1 aliphatic rings. The first-order valence-corrected chi connectivity index (χ1v) is 11.5. The van der Waals surface area contributed by atoms with Gasteiger partial charge in [0.05, 0.1) is 15.5 Å². The first-order valence-electron chi connectivity index (χ1n) is 9.66. The number of hydrogen-bond acceptors (Lipinski definition) is 3. The van der Waals surface area contributed by atoms with Crippen molar-refractivity contribution in [3.8, 4) is 0 Å². The second-order valence-electron chi connectivity index (χ2n) is 7.94. The zero-order valence-electron chi connectivity index (χ0n) is 16.9. The molecule has 1 aliphatic heterocycles. The normalized spacial score (nSPS) is 20.5. The van der Waals surface area contributed by atoms with E-state index in [4.69, 9.17) is 11.6 Å². The molecule has 3 rings (SSSR count). The summed E-state index contributed by atoms with van der Waals surface area (Å²) in [5, 5.41) is 1.90. The Labute approximate surface area is 184 Å². The van der Waals surface area contributed by atoms with E-state index in [0.717, 1.165) is 18.6 Å². The molecule has 10 heteroatoms. The Morgan fingerprint density at radius 1 is 1.06 bits per heavy atom. The zero-order chi connectivity index (χ0) is 23.0. The molecule has 1 heterocycles. The van der Waals surface area contributed by atoms with Crippen LogP contribution in [0, 0.1) is 11.8 Å². The van der Waals surface area contributed by atoms with Gasteiger partial charge in [0, 0.05) is 24.3 Å². The highest BCUT2D eigenvalue weighted by molar-refractivity contribution is 7.89. The van der Waals surface area contributed by atoms with Crippen LogP contribution in [0.4, 0.5) is 18.9 Å². The Balaban J connectivity index is 1.76. The van der Waals surface area contributed by atoms with Crippen LogP contribution < -0.4 is 5.32 Å². The van der Waals surface area contributed by atoms with E-state index in [-0.39, 0.29) is 28.0 Å². The number of benzene rings is 2. The highest BCUT2D eigenvalue weighted by Crippen LogP contribution is 2.36. The Bertz CT molecular complexity index is 1060. The van der Waals surface area contributed by atoms with Crippen LogP contribution >= 0.6 is 11.6 Å². The van der Waals surface area contributed by atoms with Crippen molar-refractivity contribution in [1.82, 2.24) is 4.31 Å². The van der Waals surface area contributed by atoms with Gasteiger partial charge in [0.2, 0.25) is 10.0 Å². The molecule has 0 aliphatic carbocycles. The summed E-state index contributed by atoms with van der Waals surface area (Å²) >= 11 is 5.58. The Morgan fingerprint density at radius 2 is 1.65 bits per heavy atom. The van der Waals surface area contributed by atoms with Crippen LogP contribution in [0.5, 0.6) is 0 Å². The van der Waals surface area contributed by atoms with E-state index in [0.29, 0.717) is 13.1 Å². The van der Waals surface area contributed by atoms with Crippen molar-refractivity contribution in [3.05, 3.63) is 58.6 Å². The summed E-state index contributed by atoms with van der Waals surface area (Å²) in [6, 6.07) is 8.38. The summed E-state index contributed by atoms with van der Waals surface area (Å²) < 4.78 is 66.3. The van der Waals surface area contributed by atoms with Crippen molar-refractivity contribution >= 4 is 33.2 Å². The fourth-order valence-electron chi connectivity index (χ4n) is 3.75. The third kappa shape index (κ3) is 5.39. The lowest BCUT2D eigenvalue weighted by atomic mass is 9.94. The van der Waals surface area contributed by atoms with Gasteiger partial charge in [-0.3, -0.25) is 4.79 Å². The number of halogens is 4. The van der Waals surface area contributed by atoms with E-state index in [2.05, 4.69) is 5.32 Å². The van der Waals surface area contributed by atoms with Crippen LogP contribution in [0.1, 0.15) is 36.2 Å². The van der Waals surface area contributed by atoms with E-state index in [1.165, 1.54) is 34.6 Å². The quantitative estimate of drug-likeness (QED) is 0.655. The van der Waals surface area contributed by atoms with Crippen molar-refractivity contribution in [3.63, 3.8) is 0 Å². The molecule has 2 unspecified atom stereocenters. The molecular formula is C21H22ClF3N2O3S. The minimum atomic E-state index is -4.66. The van der Waals surface area contributed by atoms with Crippen LogP contribution in [0.25, 0.3) is 0 Å². The van der Waals surface area contributed by atoms with E-state index >= 15 is 0 Å². The predicted octanol–water partition coefficient (Wildman–Crippen LogP) is 5.28. The molecule has 1 fully saturated rings. The SMILES string of the molecule is CC1CC(C)CN(S(=O)(=O)c2ccc(C(=O)Nc3ccc(Cl)c(C(F)(F)F)c3)cc2)C1. The number of rotatable bonds is 4. The maximum absolute atomic E-state index is 13.0. The summed E-state index contributed by atoms with van der Waals surface area (Å²) in [7, 11) is -3.69. The number of amides is 1. The molecule has 1 N–H and O–H groups in total. The number of sulfonamides is 1. The largest absolute Gasteiger partial charge is 0.417 e. The summed E-state index contributed by atoms with van der Waals surface area (Å²) in [5.74, 6) is -0.159. The van der Waals surface area contributed by atoms with Gasteiger partial charge in [-0.15, -0.1) is 0 Å². The lowest BCUT2D eigenvalue weighted by molar-refractivity contribution is -0.137. The average Bonchev–Trinajstić information content (AvgIpc) is 2.68. The molecule has 0 spiro atoms. The van der Waals surface area contributed by atoms with E-state index in [9.17, 15) is 26.4 Å². The molecule has 0 radical (unpaired) electrons. The fourth-order valence-corrected chi connectivity index (χ4v) is 5.66. The molecule has 0 aromatic heterocycles. The second-order valence-corrected chi connectivity index (χ2v) is 10.3. The highest BCUT2D eigenvalue weighted by Gasteiger charge is 2.34. The first-order chi connectivity index (χ1) is 14.4. The molecular weight excluding hydrogens is 453 g/mol. The molecule has 2 aromatic rings. The highest BCUT2D eigenvalue weighted by atomic mass is 35.5. The van der Waals surface area contributed by atoms with E-state index in [1.54, 1.807) is 0 Å². The van der Waals surface area contributed by atoms with Crippen LogP contribution in [0.15, 0.2) is 47.4 Å². The van der Waals surface area contributed by atoms with Crippen molar-refractivity contribution < 1.29 is 26.4 Å². The van der Waals surface area contributed by atoms with E-state index < -0.39 is 32.7 Å². The van der Waals surface area contributed by atoms with Gasteiger partial charge in [0.1, 0.15) is 0 Å². The molecule has 1 saturated heterocycles. The molecule has 2 atom stereocenters. The summed E-state index contributed by atoms with van der Waals surface area (Å²) in [6.07, 6.45) is -3.69. The lowest BCUT2D eigenvalue weighted by Crippen LogP contribution is -2.42. The molecule has 0 bridgehead atoms. The number of piperidine rings is 1. The molecule has 2 aromatic carbocycles. The number of nitrogens with zero attached hydrogens (tertiary/aromatic N) is 1. The van der Waals surface area contributed by atoms with Crippen LogP contribution in [0.2, 0.25) is 5.02 Å². The minimum absolute atomic E-state index is 0.0659. The van der Waals surface area contributed by atoms with Gasteiger partial charge in [0.15, 0.2) is 0 Å². The first kappa shape index (κ1) is 23.6. The van der Waals surface area contributed by atoms with Crippen LogP contribution in [0.3, 0.4) is 0 Å². The van der Waals surface area contributed by atoms with Gasteiger partial charge in [-0.25, -0.2) is 8.42 Å². The molecule has 5 nitrogen and oxygen atoms in total. The number of anilines is 1. The third-order valence-electron chi connectivity index (χ3n) is 5.12. The van der Waals surface area contributed by atoms with Gasteiger partial charge in [-0.05, 0) is 60.7 Å². The average molecular weight is 475 g/mol. The standard InChI is InChI=1S/C21H22ClF3N2O3S/c1-13-9-14(2)12-27(11-13)31(29,30)17-6-3-15(4-7-17)20(28)26-16-5-8-19(22)18(10-16)21(23,24)25/h3-8,10,13-14H,9,11-12H2,1-2H3,(H,26,28). The third-order valence-corrected chi connectivity index (χ3v) is 7.29. The number of hydrogen-bond donors (Lipinski definition) is 1. The maximum Gasteiger partial charge on any atom is 0.417 e. The molecule has 31 heavy (non-hydrogen) atoms. The van der Waals surface area contributed by atoms with Crippen molar-refractivity contribution in [1.29, 1.82) is 0 Å². The summed E-state index contributed by atoms with van der Waals surface area (Å²) in [5.41, 5.74) is -1.02. The number of nitrogens with one attached hydrogen (secondary N) is 1. The monoisotopic (exact) mass is 474 g/mol. The minimum Gasteiger partial charge on any atom is -0.322 e. The lowest BCUT2D eigenvalue weighted by Gasteiger charge is -2.34. The number of alkyl halides is 3. The van der Waals surface area contributed by atoms with Gasteiger partial charge in [-0.1, -0.05) is 25.4 Å². The van der Waals surface area contributed by atoms with Crippen LogP contribution in [-0.2, 0) is 16.2 Å². The smallest absolute Gasteiger partial charge is 0.322 e. The fraction of sp³-hybridized carbons (Fsp3) is 0.381. The molecule has 0 saturated carbocycles. The zero-order valence-corrected chi connectivity index (χ0v) is 18.5. The van der Waals surface area contributed by atoms with Gasteiger partial charge < -0.3 is 5.32 Å². The number of carbonyl (C=O) groups is 1. The topological polar surface area (TPSA) is 66.5 Å². The summed E-state index contributed by atoms with van der Waals surface area (Å²) in [4.78, 5) is 12.5. The van der Waals surface area contributed by atoms with Gasteiger partial charge in [-0.2, -0.15) is 17.5 Å². The predicted molar refractivity (Wildman–Crippen MR) is 113 cm³/mol. The van der Waals surface area contributed by atoms with Gasteiger partial charge in [0.25, 0.3) is 5.91 Å². The molecule has 1 amide bonds. The molecule has 168 valence electrons.